The van der Waals surface area contributed by atoms with Gasteiger partial charge in [-0.3, -0.25) is 14.9 Å². The molecule has 0 heterocycles. The number of esters is 1. The molecule has 10 heteroatoms. The van der Waals surface area contributed by atoms with Crippen LogP contribution >= 0.6 is 0 Å². The van der Waals surface area contributed by atoms with Gasteiger partial charge in [0.25, 0.3) is 11.6 Å². The molecule has 0 fully saturated rings. The molecule has 26 heavy (non-hydrogen) atoms. The van der Waals surface area contributed by atoms with Gasteiger partial charge in [0.15, 0.2) is 6.10 Å². The third-order valence-corrected chi connectivity index (χ3v) is 2.98. The number of rotatable bonds is 6. The molecule has 1 amide bonds. The molecule has 0 bridgehead atoms. The van der Waals surface area contributed by atoms with Crippen molar-refractivity contribution in [2.45, 2.75) is 26.1 Å². The Kier molecular flexibility index (Phi) is 7.06. The van der Waals surface area contributed by atoms with Gasteiger partial charge in [0.2, 0.25) is 0 Å². The van der Waals surface area contributed by atoms with Crippen molar-refractivity contribution in [3.63, 3.8) is 0 Å². The fraction of sp³-hybridized carbons (Fsp3) is 0.250. The zero-order valence-corrected chi connectivity index (χ0v) is 13.7. The van der Waals surface area contributed by atoms with E-state index < -0.39 is 46.0 Å². The summed E-state index contributed by atoms with van der Waals surface area (Å²) in [5.74, 6) is -1.87. The van der Waals surface area contributed by atoms with E-state index in [1.165, 1.54) is 13.0 Å². The molecule has 0 saturated carbocycles. The molecule has 1 aromatic carbocycles. The van der Waals surface area contributed by atoms with Gasteiger partial charge >= 0.3 is 12.1 Å². The Balaban J connectivity index is 2.95. The molecule has 0 aliphatic carbocycles. The molecule has 1 aromatic rings. The summed E-state index contributed by atoms with van der Waals surface area (Å²) >= 11 is 0. The fourth-order valence-corrected chi connectivity index (χ4v) is 1.74. The molecule has 1 rings (SSSR count). The number of nitrogens with zero attached hydrogens (tertiary/aromatic N) is 1. The average Bonchev–Trinajstić information content (AvgIpc) is 2.54. The predicted octanol–water partition coefficient (Wildman–Crippen LogP) is 3.62. The highest BCUT2D eigenvalue weighted by Crippen LogP contribution is 2.37. The van der Waals surface area contributed by atoms with E-state index >= 15 is 0 Å². The van der Waals surface area contributed by atoms with Crippen LogP contribution in [0.1, 0.15) is 19.4 Å². The highest BCUT2D eigenvalue weighted by atomic mass is 19.4. The summed E-state index contributed by atoms with van der Waals surface area (Å²) in [6.07, 6.45) is -0.717. The topological polar surface area (TPSA) is 98.5 Å². The molecule has 0 radical (unpaired) electrons. The van der Waals surface area contributed by atoms with E-state index in [4.69, 9.17) is 4.74 Å². The summed E-state index contributed by atoms with van der Waals surface area (Å²) in [7, 11) is 0. The van der Waals surface area contributed by atoms with Crippen LogP contribution in [0.2, 0.25) is 0 Å². The molecule has 140 valence electrons. The Labute approximate surface area is 146 Å². The van der Waals surface area contributed by atoms with Gasteiger partial charge in [0.1, 0.15) is 0 Å². The van der Waals surface area contributed by atoms with Crippen molar-refractivity contribution in [2.24, 2.45) is 0 Å². The fourth-order valence-electron chi connectivity index (χ4n) is 1.74. The smallest absolute Gasteiger partial charge is 0.418 e. The van der Waals surface area contributed by atoms with E-state index in [2.05, 4.69) is 0 Å². The Hall–Kier alpha value is -3.17. The largest absolute Gasteiger partial charge is 0.449 e. The van der Waals surface area contributed by atoms with Gasteiger partial charge in [-0.05, 0) is 19.9 Å². The van der Waals surface area contributed by atoms with Gasteiger partial charge in [-0.2, -0.15) is 13.2 Å². The first-order valence-corrected chi connectivity index (χ1v) is 7.22. The second-order valence-corrected chi connectivity index (χ2v) is 4.94. The van der Waals surface area contributed by atoms with Crippen LogP contribution in [0.25, 0.3) is 0 Å². The van der Waals surface area contributed by atoms with E-state index in [-0.39, 0.29) is 0 Å². The van der Waals surface area contributed by atoms with Crippen LogP contribution in [0.4, 0.5) is 24.5 Å². The number of amides is 1. The van der Waals surface area contributed by atoms with Crippen LogP contribution in [0, 0.1) is 10.1 Å². The first kappa shape index (κ1) is 20.9. The van der Waals surface area contributed by atoms with Crippen molar-refractivity contribution < 1.29 is 32.4 Å². The number of carbonyl (C=O) groups excluding carboxylic acids is 2. The van der Waals surface area contributed by atoms with E-state index in [0.29, 0.717) is 6.07 Å². The van der Waals surface area contributed by atoms with Gasteiger partial charge < -0.3 is 10.1 Å². The number of ether oxygens (including phenoxy) is 1. The van der Waals surface area contributed by atoms with Crippen LogP contribution in [-0.2, 0) is 20.5 Å². The van der Waals surface area contributed by atoms with E-state index in [1.807, 2.05) is 5.32 Å². The quantitative estimate of drug-likeness (QED) is 0.270. The van der Waals surface area contributed by atoms with Crippen molar-refractivity contribution in [1.29, 1.82) is 0 Å². The Morgan fingerprint density at radius 2 is 1.96 bits per heavy atom. The van der Waals surface area contributed by atoms with Crippen LogP contribution in [0.3, 0.4) is 0 Å². The maximum absolute atomic E-state index is 13.1. The molecular formula is C16H15F3N2O5. The molecular weight excluding hydrogens is 357 g/mol. The second kappa shape index (κ2) is 8.79. The van der Waals surface area contributed by atoms with Gasteiger partial charge in [-0.25, -0.2) is 4.79 Å². The zero-order chi connectivity index (χ0) is 19.9. The maximum atomic E-state index is 13.1. The molecule has 0 aliphatic heterocycles. The molecule has 1 atom stereocenters. The molecule has 7 nitrogen and oxygen atoms in total. The van der Waals surface area contributed by atoms with Crippen molar-refractivity contribution in [2.75, 3.05) is 5.32 Å². The van der Waals surface area contributed by atoms with Crippen LogP contribution < -0.4 is 5.32 Å². The minimum absolute atomic E-state index is 0.312. The number of nitro benzene ring substituents is 1. The summed E-state index contributed by atoms with van der Waals surface area (Å²) in [4.78, 5) is 33.1. The zero-order valence-electron chi connectivity index (χ0n) is 13.7. The lowest BCUT2D eigenvalue weighted by Gasteiger charge is -2.16. The molecule has 0 saturated heterocycles. The summed E-state index contributed by atoms with van der Waals surface area (Å²) in [5.41, 5.74) is -2.84. The summed E-state index contributed by atoms with van der Waals surface area (Å²) in [6, 6.07) is 1.90. The van der Waals surface area contributed by atoms with Gasteiger partial charge in [0, 0.05) is 18.2 Å². The molecule has 0 aliphatic rings. The number of carbonyl (C=O) groups is 2. The number of nitrogens with one attached hydrogen (secondary N) is 1. The van der Waals surface area contributed by atoms with Crippen molar-refractivity contribution in [3.8, 4) is 0 Å². The number of halogens is 3. The number of hydrogen-bond acceptors (Lipinski definition) is 5. The number of allylic oxidation sites excluding steroid dienone is 3. The van der Waals surface area contributed by atoms with Gasteiger partial charge in [0.05, 0.1) is 16.2 Å². The lowest BCUT2D eigenvalue weighted by molar-refractivity contribution is -0.385. The number of nitro groups is 1. The molecule has 1 N–H and O–H groups in total. The van der Waals surface area contributed by atoms with Crippen molar-refractivity contribution in [3.05, 3.63) is 58.2 Å². The van der Waals surface area contributed by atoms with E-state index in [0.717, 1.165) is 18.2 Å². The van der Waals surface area contributed by atoms with Crippen LogP contribution in [0.15, 0.2) is 42.5 Å². The standard InChI is InChI=1S/C16H15F3N2O5/c1-3-4-5-6-14(22)26-10(2)15(23)20-13-8-7-11(21(24)25)9-12(13)16(17,18)19/h3-10H,1-2H3,(H,20,23)/b4-3+,6-5+/t10-/m1/s1. The molecule has 0 spiro atoms. The minimum Gasteiger partial charge on any atom is -0.449 e. The lowest BCUT2D eigenvalue weighted by Crippen LogP contribution is -2.30. The highest BCUT2D eigenvalue weighted by molar-refractivity contribution is 5.96. The van der Waals surface area contributed by atoms with Crippen molar-refractivity contribution in [1.82, 2.24) is 0 Å². The lowest BCUT2D eigenvalue weighted by atomic mass is 10.1. The number of alkyl halides is 3. The third-order valence-electron chi connectivity index (χ3n) is 2.98. The molecule has 0 unspecified atom stereocenters. The van der Waals surface area contributed by atoms with Gasteiger partial charge in [-0.15, -0.1) is 0 Å². The predicted molar refractivity (Wildman–Crippen MR) is 86.2 cm³/mol. The van der Waals surface area contributed by atoms with E-state index in [1.54, 1.807) is 19.1 Å². The van der Waals surface area contributed by atoms with Crippen LogP contribution in [0.5, 0.6) is 0 Å². The third kappa shape index (κ3) is 6.04. The minimum atomic E-state index is -4.93. The first-order chi connectivity index (χ1) is 12.1. The number of non-ortho nitro benzene ring substituents is 1. The number of hydrogen-bond donors (Lipinski definition) is 1. The first-order valence-electron chi connectivity index (χ1n) is 7.22. The summed E-state index contributed by atoms with van der Waals surface area (Å²) in [5, 5.41) is 12.6. The number of anilines is 1. The Bertz CT molecular complexity index is 757. The highest BCUT2D eigenvalue weighted by Gasteiger charge is 2.36. The van der Waals surface area contributed by atoms with Crippen LogP contribution in [-0.4, -0.2) is 22.9 Å². The SMILES string of the molecule is C/C=C/C=C/C(=O)O[C@H](C)C(=O)Nc1ccc([N+](=O)[O-])cc1C(F)(F)F. The Morgan fingerprint density at radius 3 is 2.50 bits per heavy atom. The maximum Gasteiger partial charge on any atom is 0.418 e. The molecule has 0 aromatic heterocycles. The number of benzene rings is 1. The Morgan fingerprint density at radius 1 is 1.31 bits per heavy atom. The normalized spacial score (nSPS) is 13.0. The van der Waals surface area contributed by atoms with Crippen molar-refractivity contribution >= 4 is 23.3 Å². The summed E-state index contributed by atoms with van der Waals surface area (Å²) < 4.78 is 43.9. The second-order valence-electron chi connectivity index (χ2n) is 4.94. The summed E-state index contributed by atoms with van der Waals surface area (Å²) in [6.45, 7) is 2.89. The van der Waals surface area contributed by atoms with Gasteiger partial charge in [-0.1, -0.05) is 18.2 Å². The monoisotopic (exact) mass is 372 g/mol. The van der Waals surface area contributed by atoms with E-state index in [9.17, 15) is 32.9 Å². The average molecular weight is 372 g/mol.